The van der Waals surface area contributed by atoms with Crippen molar-refractivity contribution in [2.75, 3.05) is 13.2 Å². The van der Waals surface area contributed by atoms with E-state index in [1.165, 1.54) is 11.3 Å². The molecule has 0 spiro atoms. The molecule has 3 N–H and O–H groups in total. The van der Waals surface area contributed by atoms with E-state index in [0.717, 1.165) is 47.8 Å². The summed E-state index contributed by atoms with van der Waals surface area (Å²) < 4.78 is 1.92. The third kappa shape index (κ3) is 3.06. The Balaban J connectivity index is 1.55. The van der Waals surface area contributed by atoms with Crippen LogP contribution in [0.2, 0.25) is 5.02 Å². The Hall–Kier alpha value is -1.86. The monoisotopic (exact) mass is 360 g/mol. The first-order valence-corrected chi connectivity index (χ1v) is 8.77. The Morgan fingerprint density at radius 2 is 2.16 bits per heavy atom. The van der Waals surface area contributed by atoms with Crippen molar-refractivity contribution < 1.29 is 10.2 Å². The van der Waals surface area contributed by atoms with Gasteiger partial charge < -0.3 is 15.2 Å². The van der Waals surface area contributed by atoms with Crippen molar-refractivity contribution in [2.24, 2.45) is 0 Å². The van der Waals surface area contributed by atoms with Crippen LogP contribution in [0.25, 0.3) is 10.9 Å². The van der Waals surface area contributed by atoms with Gasteiger partial charge in [0.25, 0.3) is 0 Å². The van der Waals surface area contributed by atoms with Crippen molar-refractivity contribution >= 4 is 22.5 Å². The van der Waals surface area contributed by atoms with Crippen LogP contribution in [-0.4, -0.2) is 43.0 Å². The van der Waals surface area contributed by atoms with Gasteiger partial charge in [0.1, 0.15) is 6.10 Å². The number of H-pyrrole nitrogens is 1. The van der Waals surface area contributed by atoms with Gasteiger partial charge >= 0.3 is 0 Å². The van der Waals surface area contributed by atoms with Gasteiger partial charge in [-0.2, -0.15) is 5.10 Å². The van der Waals surface area contributed by atoms with Gasteiger partial charge in [-0.15, -0.1) is 0 Å². The van der Waals surface area contributed by atoms with Gasteiger partial charge in [0.15, 0.2) is 0 Å². The first kappa shape index (κ1) is 16.6. The molecule has 1 atom stereocenters. The fourth-order valence-corrected chi connectivity index (χ4v) is 3.64. The van der Waals surface area contributed by atoms with Gasteiger partial charge in [-0.25, -0.2) is 0 Å². The van der Waals surface area contributed by atoms with Crippen LogP contribution in [-0.2, 0) is 19.6 Å². The zero-order valence-corrected chi connectivity index (χ0v) is 14.8. The highest BCUT2D eigenvalue weighted by Crippen LogP contribution is 2.27. The number of fused-ring (bicyclic) bond motifs is 2. The molecule has 1 aliphatic heterocycles. The Morgan fingerprint density at radius 3 is 2.96 bits per heavy atom. The van der Waals surface area contributed by atoms with Gasteiger partial charge in [0, 0.05) is 41.3 Å². The third-order valence-corrected chi connectivity index (χ3v) is 5.15. The lowest BCUT2D eigenvalue weighted by Gasteiger charge is -2.27. The molecule has 0 saturated heterocycles. The smallest absolute Gasteiger partial charge is 0.121 e. The Bertz CT molecular complexity index is 917. The number of halogens is 1. The summed E-state index contributed by atoms with van der Waals surface area (Å²) >= 11 is 6.12. The molecule has 0 radical (unpaired) electrons. The first-order chi connectivity index (χ1) is 12.0. The molecule has 1 aromatic carbocycles. The van der Waals surface area contributed by atoms with Gasteiger partial charge in [-0.05, 0) is 36.8 Å². The molecule has 1 unspecified atom stereocenters. The zero-order valence-electron chi connectivity index (χ0n) is 14.0. The molecule has 1 aliphatic rings. The van der Waals surface area contributed by atoms with Crippen LogP contribution in [0.4, 0.5) is 0 Å². The van der Waals surface area contributed by atoms with Crippen LogP contribution in [0.5, 0.6) is 0 Å². The Labute approximate surface area is 150 Å². The minimum atomic E-state index is -0.910. The molecular formula is C18H21ClN4O2. The first-order valence-electron chi connectivity index (χ1n) is 8.39. The SMILES string of the molecule is Cc1c(CN2CCn3nc(C(O)CO)cc3C2)[nH]c2ccc(Cl)cc12. The summed E-state index contributed by atoms with van der Waals surface area (Å²) in [5.74, 6) is 0. The zero-order chi connectivity index (χ0) is 17.6. The molecule has 7 heteroatoms. The van der Waals surface area contributed by atoms with Crippen LogP contribution in [0.3, 0.4) is 0 Å². The number of rotatable bonds is 4. The highest BCUT2D eigenvalue weighted by Gasteiger charge is 2.22. The quantitative estimate of drug-likeness (QED) is 0.667. The minimum absolute atomic E-state index is 0.309. The van der Waals surface area contributed by atoms with Crippen molar-refractivity contribution in [3.05, 3.63) is 51.9 Å². The number of benzene rings is 1. The van der Waals surface area contributed by atoms with Gasteiger partial charge in [-0.3, -0.25) is 9.58 Å². The Morgan fingerprint density at radius 1 is 1.32 bits per heavy atom. The van der Waals surface area contributed by atoms with Crippen LogP contribution < -0.4 is 0 Å². The molecule has 3 aromatic rings. The fraction of sp³-hybridized carbons (Fsp3) is 0.389. The number of nitrogens with one attached hydrogen (secondary N) is 1. The summed E-state index contributed by atoms with van der Waals surface area (Å²) in [7, 11) is 0. The van der Waals surface area contributed by atoms with Crippen LogP contribution >= 0.6 is 11.6 Å². The second kappa shape index (κ2) is 6.46. The molecule has 0 aliphatic carbocycles. The average molecular weight is 361 g/mol. The number of aryl methyl sites for hydroxylation is 1. The van der Waals surface area contributed by atoms with Gasteiger partial charge in [0.05, 0.1) is 24.5 Å². The number of aliphatic hydroxyl groups excluding tert-OH is 2. The highest BCUT2D eigenvalue weighted by atomic mass is 35.5. The van der Waals surface area contributed by atoms with E-state index in [4.69, 9.17) is 16.7 Å². The number of nitrogens with zero attached hydrogens (tertiary/aromatic N) is 3. The lowest BCUT2D eigenvalue weighted by atomic mass is 10.1. The van der Waals surface area contributed by atoms with Crippen LogP contribution in [0.1, 0.15) is 28.7 Å². The predicted octanol–water partition coefficient (Wildman–Crippen LogP) is 2.37. The number of aliphatic hydroxyl groups is 2. The van der Waals surface area contributed by atoms with Gasteiger partial charge in [-0.1, -0.05) is 11.6 Å². The fourth-order valence-electron chi connectivity index (χ4n) is 3.47. The van der Waals surface area contributed by atoms with Crippen molar-refractivity contribution in [1.29, 1.82) is 0 Å². The molecule has 2 aromatic heterocycles. The molecule has 25 heavy (non-hydrogen) atoms. The summed E-state index contributed by atoms with van der Waals surface area (Å²) in [6.45, 7) is 5.06. The van der Waals surface area contributed by atoms with Crippen LogP contribution in [0.15, 0.2) is 24.3 Å². The van der Waals surface area contributed by atoms with E-state index >= 15 is 0 Å². The lowest BCUT2D eigenvalue weighted by Crippen LogP contribution is -2.33. The van der Waals surface area contributed by atoms with Crippen molar-refractivity contribution in [1.82, 2.24) is 19.7 Å². The second-order valence-corrected chi connectivity index (χ2v) is 7.05. The topological polar surface area (TPSA) is 77.3 Å². The van der Waals surface area contributed by atoms with E-state index in [9.17, 15) is 5.11 Å². The van der Waals surface area contributed by atoms with Crippen LogP contribution in [0, 0.1) is 6.92 Å². The number of aromatic amines is 1. The highest BCUT2D eigenvalue weighted by molar-refractivity contribution is 6.31. The summed E-state index contributed by atoms with van der Waals surface area (Å²) in [5.41, 5.74) is 5.13. The van der Waals surface area contributed by atoms with Crippen molar-refractivity contribution in [3.63, 3.8) is 0 Å². The maximum atomic E-state index is 9.76. The number of aromatic nitrogens is 3. The lowest BCUT2D eigenvalue weighted by molar-refractivity contribution is 0.0915. The van der Waals surface area contributed by atoms with E-state index in [0.29, 0.717) is 5.69 Å². The van der Waals surface area contributed by atoms with Crippen molar-refractivity contribution in [3.8, 4) is 0 Å². The molecule has 4 rings (SSSR count). The number of hydrogen-bond donors (Lipinski definition) is 3. The van der Waals surface area contributed by atoms with Crippen molar-refractivity contribution in [2.45, 2.75) is 32.7 Å². The van der Waals surface area contributed by atoms with E-state index in [1.807, 2.05) is 28.9 Å². The number of hydrogen-bond acceptors (Lipinski definition) is 4. The molecular weight excluding hydrogens is 340 g/mol. The van der Waals surface area contributed by atoms with E-state index in [2.05, 4.69) is 21.9 Å². The minimum Gasteiger partial charge on any atom is -0.393 e. The average Bonchev–Trinajstić information content (AvgIpc) is 3.16. The molecule has 0 fully saturated rings. The normalized spacial score (nSPS) is 16.3. The van der Waals surface area contributed by atoms with E-state index in [-0.39, 0.29) is 6.61 Å². The molecule has 3 heterocycles. The molecule has 132 valence electrons. The summed E-state index contributed by atoms with van der Waals surface area (Å²) in [4.78, 5) is 5.85. The maximum absolute atomic E-state index is 9.76. The summed E-state index contributed by atoms with van der Waals surface area (Å²) in [6.07, 6.45) is -0.910. The Kier molecular flexibility index (Phi) is 4.29. The predicted molar refractivity (Wildman–Crippen MR) is 96.4 cm³/mol. The molecule has 6 nitrogen and oxygen atoms in total. The summed E-state index contributed by atoms with van der Waals surface area (Å²) in [5, 5.41) is 25.2. The molecule has 0 bridgehead atoms. The molecule has 0 saturated carbocycles. The molecule has 0 amide bonds. The van der Waals surface area contributed by atoms with E-state index in [1.54, 1.807) is 0 Å². The maximum Gasteiger partial charge on any atom is 0.121 e. The summed E-state index contributed by atoms with van der Waals surface area (Å²) in [6, 6.07) is 7.80. The van der Waals surface area contributed by atoms with E-state index < -0.39 is 6.10 Å². The largest absolute Gasteiger partial charge is 0.393 e. The van der Waals surface area contributed by atoms with Gasteiger partial charge in [0.2, 0.25) is 0 Å². The third-order valence-electron chi connectivity index (χ3n) is 4.92. The standard InChI is InChI=1S/C18H21ClN4O2/c1-11-14-6-12(19)2-3-15(14)20-17(11)9-22-4-5-23-13(8-22)7-16(21-23)18(25)10-24/h2-3,6-7,18,20,24-25H,4-5,8-10H2,1H3. The second-order valence-electron chi connectivity index (χ2n) is 6.61.